The first-order valence-electron chi connectivity index (χ1n) is 21.9. The summed E-state index contributed by atoms with van der Waals surface area (Å²) >= 11 is 0. The molecule has 20 nitrogen and oxygen atoms in total. The molecule has 1 aliphatic carbocycles. The van der Waals surface area contributed by atoms with Gasteiger partial charge in [-0.15, -0.1) is 0 Å². The molecule has 2 atom stereocenters. The van der Waals surface area contributed by atoms with Gasteiger partial charge in [0.25, 0.3) is 23.6 Å². The van der Waals surface area contributed by atoms with Crippen LogP contribution in [0.1, 0.15) is 76.0 Å². The lowest BCUT2D eigenvalue weighted by Crippen LogP contribution is -2.54. The van der Waals surface area contributed by atoms with Gasteiger partial charge in [0.1, 0.15) is 29.9 Å². The van der Waals surface area contributed by atoms with Crippen LogP contribution in [0.25, 0.3) is 0 Å². The van der Waals surface area contributed by atoms with Crippen LogP contribution in [-0.4, -0.2) is 152 Å². The van der Waals surface area contributed by atoms with E-state index in [1.807, 2.05) is 0 Å². The number of carbonyl (C=O) groups is 7. The molecule has 7 amide bonds. The number of imide groups is 2. The summed E-state index contributed by atoms with van der Waals surface area (Å²) in [5.74, 6) is -9.26. The fourth-order valence-electron chi connectivity index (χ4n) is 8.98. The molecule has 67 heavy (non-hydrogen) atoms. The number of amides is 7. The van der Waals surface area contributed by atoms with Crippen LogP contribution in [0, 0.1) is 5.82 Å². The van der Waals surface area contributed by atoms with E-state index in [1.165, 1.54) is 42.3 Å². The second kappa shape index (κ2) is 19.5. The van der Waals surface area contributed by atoms with Crippen LogP contribution >= 0.6 is 0 Å². The Morgan fingerprint density at radius 2 is 1.75 bits per heavy atom. The SMILES string of the molecule is COc1cc(C(=O)NC2CCN(C(=O)COCCOCCNc3cccc4c3C(=O)N(C3CCC(=O)NC3=O)C4=O)C2)c(F)cc1Nc1ncc2c(n1)N(C1CCCC1)CC(F)(F)C(=O)N2C. The number of aromatic nitrogens is 2. The molecule has 2 saturated heterocycles. The zero-order chi connectivity index (χ0) is 47.6. The minimum absolute atomic E-state index is 0.0150. The van der Waals surface area contributed by atoms with Gasteiger partial charge in [-0.05, 0) is 43.9 Å². The number of carbonyl (C=O) groups excluding carboxylic acids is 7. The Bertz CT molecular complexity index is 2490. The molecule has 1 saturated carbocycles. The fourth-order valence-corrected chi connectivity index (χ4v) is 8.98. The van der Waals surface area contributed by atoms with E-state index in [1.54, 1.807) is 12.1 Å². The quantitative estimate of drug-likeness (QED) is 0.119. The predicted molar refractivity (Wildman–Crippen MR) is 232 cm³/mol. The fraction of sp³-hybridized carbons (Fsp3) is 0.477. The molecule has 0 radical (unpaired) electrons. The van der Waals surface area contributed by atoms with Crippen molar-refractivity contribution >= 4 is 70.2 Å². The number of fused-ring (bicyclic) bond motifs is 2. The highest BCUT2D eigenvalue weighted by molar-refractivity contribution is 6.25. The van der Waals surface area contributed by atoms with Gasteiger partial charge in [-0.1, -0.05) is 18.9 Å². The first-order valence-corrected chi connectivity index (χ1v) is 21.9. The van der Waals surface area contributed by atoms with Crippen molar-refractivity contribution in [2.24, 2.45) is 0 Å². The Morgan fingerprint density at radius 1 is 0.970 bits per heavy atom. The topological polar surface area (TPSA) is 234 Å². The first-order chi connectivity index (χ1) is 32.1. The number of hydrogen-bond acceptors (Lipinski definition) is 15. The Labute approximate surface area is 381 Å². The van der Waals surface area contributed by atoms with E-state index in [-0.39, 0.29) is 110 Å². The zero-order valence-corrected chi connectivity index (χ0v) is 36.7. The summed E-state index contributed by atoms with van der Waals surface area (Å²) in [6, 6.07) is 5.16. The molecule has 1 aromatic heterocycles. The van der Waals surface area contributed by atoms with E-state index in [2.05, 4.69) is 31.2 Å². The molecule has 23 heteroatoms. The highest BCUT2D eigenvalue weighted by Gasteiger charge is 2.49. The third kappa shape index (κ3) is 9.69. The van der Waals surface area contributed by atoms with E-state index in [0.29, 0.717) is 31.5 Å². The highest BCUT2D eigenvalue weighted by atomic mass is 19.3. The third-order valence-corrected chi connectivity index (χ3v) is 12.4. The molecule has 356 valence electrons. The Kier molecular flexibility index (Phi) is 13.6. The van der Waals surface area contributed by atoms with Gasteiger partial charge in [0.2, 0.25) is 23.7 Å². The molecule has 4 aliphatic heterocycles. The van der Waals surface area contributed by atoms with Crippen LogP contribution in [0.3, 0.4) is 0 Å². The Hall–Kier alpha value is -6.88. The number of halogens is 3. The summed E-state index contributed by atoms with van der Waals surface area (Å²) in [6.45, 7) is 0.0822. The number of anilines is 5. The van der Waals surface area contributed by atoms with Crippen molar-refractivity contribution < 1.29 is 60.9 Å². The van der Waals surface area contributed by atoms with Gasteiger partial charge in [0, 0.05) is 56.9 Å². The predicted octanol–water partition coefficient (Wildman–Crippen LogP) is 2.61. The number of hydrogen-bond donors (Lipinski definition) is 4. The van der Waals surface area contributed by atoms with Crippen LogP contribution < -0.4 is 35.8 Å². The normalized spacial score (nSPS) is 20.5. The summed E-state index contributed by atoms with van der Waals surface area (Å²) in [4.78, 5) is 103. The minimum atomic E-state index is -3.66. The largest absolute Gasteiger partial charge is 0.495 e. The number of likely N-dealkylation sites (tertiary alicyclic amines) is 1. The standard InChI is InChI=1S/C44H49F3N10O10/c1-54-32-20-49-43(53-37(32)56(25-6-3-4-7-25)23-44(46,47)42(54)64)51-30-19-28(45)27(18-33(30)65-2)38(60)50-24-12-14-55(21-24)35(59)22-67-17-16-66-15-13-48-29-9-5-8-26-36(29)41(63)57(40(26)62)31-10-11-34(58)52-39(31)61/h5,8-9,18-20,24-25,31,48H,3-4,6-7,10-17,21-23H2,1-2H3,(H,50,60)(H,49,51,53)(H,52,58,61). The van der Waals surface area contributed by atoms with E-state index in [0.717, 1.165) is 28.7 Å². The van der Waals surface area contributed by atoms with Gasteiger partial charge in [-0.2, -0.15) is 13.8 Å². The molecule has 5 heterocycles. The van der Waals surface area contributed by atoms with Crippen LogP contribution in [0.5, 0.6) is 5.75 Å². The van der Waals surface area contributed by atoms with E-state index >= 15 is 13.2 Å². The van der Waals surface area contributed by atoms with Crippen molar-refractivity contribution in [3.8, 4) is 5.75 Å². The molecule has 3 aromatic rings. The van der Waals surface area contributed by atoms with E-state index in [9.17, 15) is 33.6 Å². The number of nitrogens with zero attached hydrogens (tertiary/aromatic N) is 6. The van der Waals surface area contributed by atoms with Crippen molar-refractivity contribution in [2.45, 2.75) is 69.0 Å². The van der Waals surface area contributed by atoms with Crippen molar-refractivity contribution in [3.63, 3.8) is 0 Å². The lowest BCUT2D eigenvalue weighted by molar-refractivity contribution is -0.140. The number of piperidine rings is 1. The molecule has 0 bridgehead atoms. The average Bonchev–Trinajstić information content (AvgIpc) is 4.06. The number of benzene rings is 2. The summed E-state index contributed by atoms with van der Waals surface area (Å²) in [6.07, 6.45) is 4.73. The number of nitrogens with one attached hydrogen (secondary N) is 4. The maximum absolute atomic E-state index is 15.6. The third-order valence-electron chi connectivity index (χ3n) is 12.4. The van der Waals surface area contributed by atoms with Gasteiger partial charge in [-0.3, -0.25) is 43.8 Å². The first kappa shape index (κ1) is 46.6. The second-order valence-corrected chi connectivity index (χ2v) is 16.8. The summed E-state index contributed by atoms with van der Waals surface area (Å²) < 4.78 is 62.3. The van der Waals surface area contributed by atoms with Crippen molar-refractivity contribution in [3.05, 3.63) is 59.0 Å². The number of methoxy groups -OCH3 is 1. The van der Waals surface area contributed by atoms with Crippen LogP contribution in [0.15, 0.2) is 36.5 Å². The Morgan fingerprint density at radius 3 is 2.51 bits per heavy atom. The maximum Gasteiger partial charge on any atom is 0.342 e. The molecule has 5 aliphatic rings. The van der Waals surface area contributed by atoms with Gasteiger partial charge >= 0.3 is 5.92 Å². The lowest BCUT2D eigenvalue weighted by atomic mass is 10.0. The summed E-state index contributed by atoms with van der Waals surface area (Å²) in [5.41, 5.74) is 0.513. The number of ether oxygens (including phenoxy) is 3. The number of alkyl halides is 2. The van der Waals surface area contributed by atoms with E-state index < -0.39 is 65.8 Å². The highest BCUT2D eigenvalue weighted by Crippen LogP contribution is 2.40. The van der Waals surface area contributed by atoms with Crippen molar-refractivity contribution in [1.29, 1.82) is 0 Å². The molecule has 2 unspecified atom stereocenters. The second-order valence-electron chi connectivity index (χ2n) is 16.8. The molecule has 4 N–H and O–H groups in total. The molecule has 2 aromatic carbocycles. The van der Waals surface area contributed by atoms with Gasteiger partial charge < -0.3 is 44.9 Å². The molecule has 3 fully saturated rings. The van der Waals surface area contributed by atoms with Crippen LogP contribution in [0.2, 0.25) is 0 Å². The smallest absolute Gasteiger partial charge is 0.342 e. The summed E-state index contributed by atoms with van der Waals surface area (Å²) in [7, 11) is 2.56. The van der Waals surface area contributed by atoms with Gasteiger partial charge in [0.15, 0.2) is 5.82 Å². The monoisotopic (exact) mass is 934 g/mol. The van der Waals surface area contributed by atoms with Crippen LogP contribution in [-0.2, 0) is 28.7 Å². The molecular weight excluding hydrogens is 886 g/mol. The van der Waals surface area contributed by atoms with Crippen molar-refractivity contribution in [1.82, 2.24) is 30.4 Å². The number of rotatable bonds is 16. The molecule has 0 spiro atoms. The average molecular weight is 935 g/mol. The molecular formula is C44H49F3N10O10. The van der Waals surface area contributed by atoms with Gasteiger partial charge in [-0.25, -0.2) is 9.37 Å². The minimum Gasteiger partial charge on any atom is -0.495 e. The maximum atomic E-state index is 15.6. The lowest BCUT2D eigenvalue weighted by Gasteiger charge is -2.31. The summed E-state index contributed by atoms with van der Waals surface area (Å²) in [5, 5.41) is 10.9. The molecule has 8 rings (SSSR count). The van der Waals surface area contributed by atoms with Crippen LogP contribution in [0.4, 0.5) is 42.0 Å². The van der Waals surface area contributed by atoms with Crippen molar-refractivity contribution in [2.75, 3.05) is 87.2 Å². The zero-order valence-electron chi connectivity index (χ0n) is 36.7. The van der Waals surface area contributed by atoms with E-state index in [4.69, 9.17) is 14.2 Å². The Balaban J connectivity index is 0.777. The van der Waals surface area contributed by atoms with Gasteiger partial charge in [0.05, 0.1) is 62.0 Å².